The predicted octanol–water partition coefficient (Wildman–Crippen LogP) is 3.11. The van der Waals surface area contributed by atoms with Crippen molar-refractivity contribution in [3.05, 3.63) is 35.9 Å². The van der Waals surface area contributed by atoms with Gasteiger partial charge in [0, 0.05) is 26.2 Å². The molecule has 1 N–H and O–H groups in total. The molecular formula is C18H27N3. The van der Waals surface area contributed by atoms with Crippen molar-refractivity contribution in [2.45, 2.75) is 37.5 Å². The Morgan fingerprint density at radius 2 is 1.57 bits per heavy atom. The minimum Gasteiger partial charge on any atom is -0.357 e. The molecule has 1 aliphatic carbocycles. The SMILES string of the molecule is CN1CCN(C(=N)C2(c3ccccc3)CCCCC2)CC1. The van der Waals surface area contributed by atoms with Gasteiger partial charge in [0.2, 0.25) is 0 Å². The van der Waals surface area contributed by atoms with E-state index in [-0.39, 0.29) is 5.41 Å². The molecule has 1 heterocycles. The van der Waals surface area contributed by atoms with Gasteiger partial charge in [-0.2, -0.15) is 0 Å². The van der Waals surface area contributed by atoms with Crippen LogP contribution in [-0.2, 0) is 5.41 Å². The Morgan fingerprint density at radius 3 is 2.19 bits per heavy atom. The summed E-state index contributed by atoms with van der Waals surface area (Å²) in [7, 11) is 2.18. The lowest BCUT2D eigenvalue weighted by molar-refractivity contribution is 0.200. The number of hydrogen-bond acceptors (Lipinski definition) is 2. The molecule has 1 saturated carbocycles. The third kappa shape index (κ3) is 2.84. The van der Waals surface area contributed by atoms with E-state index in [4.69, 9.17) is 5.41 Å². The van der Waals surface area contributed by atoms with Gasteiger partial charge >= 0.3 is 0 Å². The first-order valence-electron chi connectivity index (χ1n) is 8.30. The van der Waals surface area contributed by atoms with Gasteiger partial charge in [0.1, 0.15) is 5.84 Å². The second-order valence-electron chi connectivity index (χ2n) is 6.65. The fourth-order valence-electron chi connectivity index (χ4n) is 3.91. The largest absolute Gasteiger partial charge is 0.357 e. The number of piperazine rings is 1. The minimum atomic E-state index is -0.0323. The Balaban J connectivity index is 1.87. The average molecular weight is 285 g/mol. The van der Waals surface area contributed by atoms with Crippen LogP contribution in [0.1, 0.15) is 37.7 Å². The second-order valence-corrected chi connectivity index (χ2v) is 6.65. The van der Waals surface area contributed by atoms with Crippen LogP contribution in [0.4, 0.5) is 0 Å². The van der Waals surface area contributed by atoms with Crippen molar-refractivity contribution >= 4 is 5.84 Å². The van der Waals surface area contributed by atoms with Crippen LogP contribution in [0.3, 0.4) is 0 Å². The van der Waals surface area contributed by atoms with Crippen molar-refractivity contribution < 1.29 is 0 Å². The Kier molecular flexibility index (Phi) is 4.29. The van der Waals surface area contributed by atoms with E-state index >= 15 is 0 Å². The molecule has 3 nitrogen and oxygen atoms in total. The maximum absolute atomic E-state index is 8.94. The van der Waals surface area contributed by atoms with Gasteiger partial charge in [-0.3, -0.25) is 5.41 Å². The Labute approximate surface area is 128 Å². The standard InChI is InChI=1S/C18H27N3/c1-20-12-14-21(15-13-20)17(19)18(10-6-3-7-11-18)16-8-4-2-5-9-16/h2,4-5,8-9,19H,3,6-7,10-15H2,1H3. The van der Waals surface area contributed by atoms with Crippen LogP contribution in [0, 0.1) is 5.41 Å². The highest BCUT2D eigenvalue weighted by molar-refractivity contribution is 5.91. The van der Waals surface area contributed by atoms with Crippen LogP contribution in [0.2, 0.25) is 0 Å². The molecule has 0 unspecified atom stereocenters. The summed E-state index contributed by atoms with van der Waals surface area (Å²) in [4.78, 5) is 4.69. The van der Waals surface area contributed by atoms with Gasteiger partial charge in [-0.05, 0) is 25.5 Å². The van der Waals surface area contributed by atoms with Gasteiger partial charge in [-0.1, -0.05) is 49.6 Å². The molecule has 1 aromatic rings. The summed E-state index contributed by atoms with van der Waals surface area (Å²) in [5, 5.41) is 8.94. The van der Waals surface area contributed by atoms with E-state index in [0.29, 0.717) is 0 Å². The van der Waals surface area contributed by atoms with Crippen LogP contribution in [-0.4, -0.2) is 48.9 Å². The van der Waals surface area contributed by atoms with Gasteiger partial charge in [0.15, 0.2) is 0 Å². The van der Waals surface area contributed by atoms with Crippen molar-refractivity contribution in [2.24, 2.45) is 0 Å². The second kappa shape index (κ2) is 6.18. The first-order chi connectivity index (χ1) is 10.2. The zero-order valence-electron chi connectivity index (χ0n) is 13.1. The monoisotopic (exact) mass is 285 g/mol. The van der Waals surface area contributed by atoms with E-state index in [1.54, 1.807) is 0 Å². The van der Waals surface area contributed by atoms with Crippen LogP contribution in [0.5, 0.6) is 0 Å². The summed E-state index contributed by atoms with van der Waals surface area (Å²) in [5.41, 5.74) is 1.32. The third-order valence-corrected chi connectivity index (χ3v) is 5.31. The molecule has 1 aliphatic heterocycles. The highest BCUT2D eigenvalue weighted by Crippen LogP contribution is 2.41. The zero-order chi connectivity index (χ0) is 14.7. The summed E-state index contributed by atoms with van der Waals surface area (Å²) in [5.74, 6) is 0.876. The van der Waals surface area contributed by atoms with Crippen molar-refractivity contribution in [1.82, 2.24) is 9.80 Å². The lowest BCUT2D eigenvalue weighted by Crippen LogP contribution is -2.54. The normalized spacial score (nSPS) is 23.0. The van der Waals surface area contributed by atoms with E-state index in [0.717, 1.165) is 44.9 Å². The molecule has 114 valence electrons. The zero-order valence-corrected chi connectivity index (χ0v) is 13.1. The lowest BCUT2D eigenvalue weighted by Gasteiger charge is -2.45. The quantitative estimate of drug-likeness (QED) is 0.668. The van der Waals surface area contributed by atoms with Crippen molar-refractivity contribution in [2.75, 3.05) is 33.2 Å². The van der Waals surface area contributed by atoms with E-state index in [9.17, 15) is 0 Å². The summed E-state index contributed by atoms with van der Waals surface area (Å²) in [6.45, 7) is 4.16. The smallest absolute Gasteiger partial charge is 0.107 e. The van der Waals surface area contributed by atoms with Gasteiger partial charge in [-0.15, -0.1) is 0 Å². The topological polar surface area (TPSA) is 30.3 Å². The fourth-order valence-corrected chi connectivity index (χ4v) is 3.91. The molecule has 0 amide bonds. The Hall–Kier alpha value is -1.35. The van der Waals surface area contributed by atoms with Gasteiger partial charge in [-0.25, -0.2) is 0 Å². The number of benzene rings is 1. The lowest BCUT2D eigenvalue weighted by atomic mass is 9.68. The Morgan fingerprint density at radius 1 is 0.952 bits per heavy atom. The molecule has 1 saturated heterocycles. The molecule has 0 radical (unpaired) electrons. The molecule has 0 aromatic heterocycles. The summed E-state index contributed by atoms with van der Waals surface area (Å²) >= 11 is 0. The maximum Gasteiger partial charge on any atom is 0.107 e. The predicted molar refractivity (Wildman–Crippen MR) is 88.0 cm³/mol. The van der Waals surface area contributed by atoms with Gasteiger partial charge in [0.25, 0.3) is 0 Å². The molecular weight excluding hydrogens is 258 g/mol. The first-order valence-corrected chi connectivity index (χ1v) is 8.30. The number of nitrogens with zero attached hydrogens (tertiary/aromatic N) is 2. The molecule has 3 heteroatoms. The summed E-state index contributed by atoms with van der Waals surface area (Å²) in [6, 6.07) is 10.8. The molecule has 2 fully saturated rings. The van der Waals surface area contributed by atoms with E-state index in [2.05, 4.69) is 47.2 Å². The Bertz CT molecular complexity index is 468. The molecule has 0 atom stereocenters. The number of nitrogens with one attached hydrogen (secondary N) is 1. The van der Waals surface area contributed by atoms with E-state index in [1.165, 1.54) is 24.8 Å². The van der Waals surface area contributed by atoms with Crippen LogP contribution in [0.15, 0.2) is 30.3 Å². The molecule has 2 aliphatic rings. The van der Waals surface area contributed by atoms with Crippen LogP contribution < -0.4 is 0 Å². The molecule has 0 spiro atoms. The minimum absolute atomic E-state index is 0.0323. The van der Waals surface area contributed by atoms with Crippen LogP contribution in [0.25, 0.3) is 0 Å². The van der Waals surface area contributed by atoms with Gasteiger partial charge < -0.3 is 9.80 Å². The highest BCUT2D eigenvalue weighted by Gasteiger charge is 2.40. The van der Waals surface area contributed by atoms with Crippen molar-refractivity contribution in [3.63, 3.8) is 0 Å². The number of amidine groups is 1. The highest BCUT2D eigenvalue weighted by atomic mass is 15.3. The fraction of sp³-hybridized carbons (Fsp3) is 0.611. The average Bonchev–Trinajstić information content (AvgIpc) is 2.56. The first kappa shape index (κ1) is 14.6. The van der Waals surface area contributed by atoms with Crippen molar-refractivity contribution in [1.29, 1.82) is 5.41 Å². The van der Waals surface area contributed by atoms with E-state index in [1.807, 2.05) is 0 Å². The van der Waals surface area contributed by atoms with E-state index < -0.39 is 0 Å². The maximum atomic E-state index is 8.94. The summed E-state index contributed by atoms with van der Waals surface area (Å²) in [6.07, 6.45) is 6.12. The number of likely N-dealkylation sites (N-methyl/N-ethyl adjacent to an activating group) is 1. The number of hydrogen-bond donors (Lipinski definition) is 1. The summed E-state index contributed by atoms with van der Waals surface area (Å²) < 4.78 is 0. The van der Waals surface area contributed by atoms with Crippen LogP contribution >= 0.6 is 0 Å². The van der Waals surface area contributed by atoms with Crippen molar-refractivity contribution in [3.8, 4) is 0 Å². The molecule has 21 heavy (non-hydrogen) atoms. The van der Waals surface area contributed by atoms with Gasteiger partial charge in [0.05, 0.1) is 5.41 Å². The molecule has 0 bridgehead atoms. The molecule has 3 rings (SSSR count). The molecule has 1 aromatic carbocycles. The third-order valence-electron chi connectivity index (χ3n) is 5.31. The number of rotatable bonds is 2.